The van der Waals surface area contributed by atoms with Crippen molar-refractivity contribution in [2.75, 3.05) is 18.5 Å². The summed E-state index contributed by atoms with van der Waals surface area (Å²) in [5.41, 5.74) is 6.61. The Kier molecular flexibility index (Phi) is 4.45. The number of nitrogen functional groups attached to an aromatic ring is 1. The van der Waals surface area contributed by atoms with Gasteiger partial charge >= 0.3 is 0 Å². The Labute approximate surface area is 106 Å². The van der Waals surface area contributed by atoms with E-state index in [0.29, 0.717) is 24.5 Å². The van der Waals surface area contributed by atoms with E-state index in [-0.39, 0.29) is 10.7 Å². The number of nitrogens with one attached hydrogen (secondary N) is 1. The lowest BCUT2D eigenvalue weighted by Gasteiger charge is -2.22. The second-order valence-corrected chi connectivity index (χ2v) is 5.92. The van der Waals surface area contributed by atoms with Crippen molar-refractivity contribution in [2.24, 2.45) is 0 Å². The fourth-order valence-corrected chi connectivity index (χ4v) is 1.55. The van der Waals surface area contributed by atoms with Gasteiger partial charge in [0.1, 0.15) is 5.69 Å². The standard InChI is InChI=1S/C11H20N4OS/c1-5-15-9(8(12)6-14-15)10(16)13-7-11(2,3)17-4/h6H,5,7,12H2,1-4H3,(H,13,16). The van der Waals surface area contributed by atoms with Crippen molar-refractivity contribution in [3.8, 4) is 0 Å². The van der Waals surface area contributed by atoms with Crippen LogP contribution in [0.3, 0.4) is 0 Å². The zero-order chi connectivity index (χ0) is 13.1. The Morgan fingerprint density at radius 3 is 2.82 bits per heavy atom. The van der Waals surface area contributed by atoms with Crippen molar-refractivity contribution in [1.82, 2.24) is 15.1 Å². The molecule has 0 fully saturated rings. The maximum absolute atomic E-state index is 12.0. The molecular formula is C11H20N4OS. The molecule has 0 aliphatic rings. The molecule has 17 heavy (non-hydrogen) atoms. The van der Waals surface area contributed by atoms with Crippen LogP contribution in [0.25, 0.3) is 0 Å². The molecule has 0 bridgehead atoms. The van der Waals surface area contributed by atoms with Crippen molar-refractivity contribution in [2.45, 2.75) is 32.1 Å². The summed E-state index contributed by atoms with van der Waals surface area (Å²) in [5.74, 6) is -0.163. The lowest BCUT2D eigenvalue weighted by Crippen LogP contribution is -2.37. The fourth-order valence-electron chi connectivity index (χ4n) is 1.34. The van der Waals surface area contributed by atoms with Crippen molar-refractivity contribution in [1.29, 1.82) is 0 Å². The second-order valence-electron chi connectivity index (χ2n) is 4.41. The number of anilines is 1. The number of nitrogens with two attached hydrogens (primary N) is 1. The van der Waals surface area contributed by atoms with Gasteiger partial charge in [-0.1, -0.05) is 0 Å². The minimum absolute atomic E-state index is 0.0154. The molecule has 0 saturated heterocycles. The first-order valence-corrected chi connectivity index (χ1v) is 6.78. The topological polar surface area (TPSA) is 72.9 Å². The molecule has 0 radical (unpaired) electrons. The van der Waals surface area contributed by atoms with Gasteiger partial charge in [-0.2, -0.15) is 16.9 Å². The zero-order valence-corrected chi connectivity index (χ0v) is 11.6. The van der Waals surface area contributed by atoms with Crippen LogP contribution in [-0.4, -0.2) is 33.2 Å². The Morgan fingerprint density at radius 2 is 2.29 bits per heavy atom. The van der Waals surface area contributed by atoms with Gasteiger partial charge in [0.05, 0.1) is 11.9 Å². The lowest BCUT2D eigenvalue weighted by molar-refractivity contribution is 0.0941. The number of nitrogens with zero attached hydrogens (tertiary/aromatic N) is 2. The third kappa shape index (κ3) is 3.39. The molecule has 0 aromatic carbocycles. The average molecular weight is 256 g/mol. The third-order valence-electron chi connectivity index (χ3n) is 2.61. The highest BCUT2D eigenvalue weighted by molar-refractivity contribution is 7.99. The van der Waals surface area contributed by atoms with Crippen LogP contribution in [0.4, 0.5) is 5.69 Å². The van der Waals surface area contributed by atoms with Crippen LogP contribution < -0.4 is 11.1 Å². The summed E-state index contributed by atoms with van der Waals surface area (Å²) in [6.45, 7) is 7.32. The number of carbonyl (C=O) groups excluding carboxylic acids is 1. The molecule has 0 aliphatic heterocycles. The number of rotatable bonds is 5. The van der Waals surface area contributed by atoms with E-state index in [2.05, 4.69) is 24.3 Å². The predicted octanol–water partition coefficient (Wildman–Crippen LogP) is 1.36. The molecule has 1 rings (SSSR count). The third-order valence-corrected chi connectivity index (χ3v) is 3.86. The summed E-state index contributed by atoms with van der Waals surface area (Å²) < 4.78 is 1.62. The average Bonchev–Trinajstić information content (AvgIpc) is 2.67. The molecule has 1 aromatic heterocycles. The number of carbonyl (C=O) groups is 1. The highest BCUT2D eigenvalue weighted by Gasteiger charge is 2.20. The number of aryl methyl sites for hydroxylation is 1. The number of hydrogen-bond acceptors (Lipinski definition) is 4. The number of hydrogen-bond donors (Lipinski definition) is 2. The molecule has 96 valence electrons. The Balaban J connectivity index is 2.73. The molecule has 0 atom stereocenters. The largest absolute Gasteiger partial charge is 0.396 e. The van der Waals surface area contributed by atoms with Gasteiger partial charge in [-0.25, -0.2) is 0 Å². The van der Waals surface area contributed by atoms with Gasteiger partial charge in [0.15, 0.2) is 0 Å². The van der Waals surface area contributed by atoms with E-state index < -0.39 is 0 Å². The molecule has 6 heteroatoms. The first kappa shape index (κ1) is 13.9. The molecule has 0 unspecified atom stereocenters. The number of aromatic nitrogens is 2. The van der Waals surface area contributed by atoms with Gasteiger partial charge in [0, 0.05) is 17.8 Å². The predicted molar refractivity (Wildman–Crippen MR) is 72.2 cm³/mol. The van der Waals surface area contributed by atoms with Gasteiger partial charge < -0.3 is 11.1 Å². The molecule has 1 amide bonds. The van der Waals surface area contributed by atoms with E-state index in [9.17, 15) is 4.79 Å². The monoisotopic (exact) mass is 256 g/mol. The van der Waals surface area contributed by atoms with Crippen molar-refractivity contribution >= 4 is 23.4 Å². The fraction of sp³-hybridized carbons (Fsp3) is 0.636. The highest BCUT2D eigenvalue weighted by Crippen LogP contribution is 2.20. The normalized spacial score (nSPS) is 11.5. The summed E-state index contributed by atoms with van der Waals surface area (Å²) in [4.78, 5) is 12.0. The first-order chi connectivity index (χ1) is 7.91. The molecule has 3 N–H and O–H groups in total. The maximum Gasteiger partial charge on any atom is 0.271 e. The van der Waals surface area contributed by atoms with Gasteiger partial charge in [-0.3, -0.25) is 9.48 Å². The highest BCUT2D eigenvalue weighted by atomic mass is 32.2. The summed E-state index contributed by atoms with van der Waals surface area (Å²) in [7, 11) is 0. The van der Waals surface area contributed by atoms with Crippen LogP contribution in [0.15, 0.2) is 6.20 Å². The zero-order valence-electron chi connectivity index (χ0n) is 10.8. The lowest BCUT2D eigenvalue weighted by atomic mass is 10.2. The molecule has 1 heterocycles. The van der Waals surface area contributed by atoms with E-state index >= 15 is 0 Å². The van der Waals surface area contributed by atoms with Crippen molar-refractivity contribution < 1.29 is 4.79 Å². The molecular weight excluding hydrogens is 236 g/mol. The van der Waals surface area contributed by atoms with Gasteiger partial charge in [-0.05, 0) is 27.0 Å². The minimum Gasteiger partial charge on any atom is -0.396 e. The van der Waals surface area contributed by atoms with Gasteiger partial charge in [0.25, 0.3) is 5.91 Å². The quantitative estimate of drug-likeness (QED) is 0.834. The van der Waals surface area contributed by atoms with E-state index in [1.807, 2.05) is 13.2 Å². The SMILES string of the molecule is CCn1ncc(N)c1C(=O)NCC(C)(C)SC. The molecule has 0 aliphatic carbocycles. The maximum atomic E-state index is 12.0. The van der Waals surface area contributed by atoms with E-state index in [4.69, 9.17) is 5.73 Å². The Hall–Kier alpha value is -1.17. The second kappa shape index (κ2) is 5.44. The van der Waals surface area contributed by atoms with E-state index in [1.165, 1.54) is 6.20 Å². The molecule has 0 spiro atoms. The number of thioether (sulfide) groups is 1. The Morgan fingerprint density at radius 1 is 1.65 bits per heavy atom. The van der Waals surface area contributed by atoms with Gasteiger partial charge in [0.2, 0.25) is 0 Å². The van der Waals surface area contributed by atoms with Crippen LogP contribution >= 0.6 is 11.8 Å². The smallest absolute Gasteiger partial charge is 0.271 e. The Bertz CT molecular complexity index is 400. The number of amides is 1. The molecule has 5 nitrogen and oxygen atoms in total. The molecule has 1 aromatic rings. The van der Waals surface area contributed by atoms with Crippen LogP contribution in [0.2, 0.25) is 0 Å². The van der Waals surface area contributed by atoms with E-state index in [0.717, 1.165) is 0 Å². The van der Waals surface area contributed by atoms with E-state index in [1.54, 1.807) is 16.4 Å². The van der Waals surface area contributed by atoms with Crippen molar-refractivity contribution in [3.63, 3.8) is 0 Å². The van der Waals surface area contributed by atoms with Crippen molar-refractivity contribution in [3.05, 3.63) is 11.9 Å². The van der Waals surface area contributed by atoms with Crippen LogP contribution in [0, 0.1) is 0 Å². The first-order valence-electron chi connectivity index (χ1n) is 5.56. The minimum atomic E-state index is -0.163. The molecule has 0 saturated carbocycles. The van der Waals surface area contributed by atoms with Gasteiger partial charge in [-0.15, -0.1) is 0 Å². The van der Waals surface area contributed by atoms with Crippen LogP contribution in [-0.2, 0) is 6.54 Å². The summed E-state index contributed by atoms with van der Waals surface area (Å²) in [6.07, 6.45) is 3.54. The summed E-state index contributed by atoms with van der Waals surface area (Å²) in [6, 6.07) is 0. The van der Waals surface area contributed by atoms with Crippen LogP contribution in [0.5, 0.6) is 0 Å². The summed E-state index contributed by atoms with van der Waals surface area (Å²) in [5, 5.41) is 6.94. The van der Waals surface area contributed by atoms with Crippen LogP contribution in [0.1, 0.15) is 31.3 Å². The summed E-state index contributed by atoms with van der Waals surface area (Å²) >= 11 is 1.71.